The van der Waals surface area contributed by atoms with Gasteiger partial charge in [-0.1, -0.05) is 36.6 Å². The first kappa shape index (κ1) is 15.1. The molecule has 2 heterocycles. The molecule has 0 amide bonds. The summed E-state index contributed by atoms with van der Waals surface area (Å²) in [5.41, 5.74) is 0.766. The maximum Gasteiger partial charge on any atom is 0.143 e. The standard InChI is InChI=1S/C18H21ClFN3/c19-14-8-6-13(7-9-14)18(11-15(20)12-18)17-22-21-16-5-3-1-2-4-10-23(16)17/h6-9,15H,1-5,10-12H2. The van der Waals surface area contributed by atoms with E-state index < -0.39 is 6.17 Å². The lowest BCUT2D eigenvalue weighted by molar-refractivity contribution is 0.113. The van der Waals surface area contributed by atoms with Crippen molar-refractivity contribution < 1.29 is 4.39 Å². The zero-order chi connectivity index (χ0) is 15.9. The van der Waals surface area contributed by atoms with Gasteiger partial charge in [0.25, 0.3) is 0 Å². The predicted octanol–water partition coefficient (Wildman–Crippen LogP) is 4.47. The lowest BCUT2D eigenvalue weighted by Crippen LogP contribution is -2.45. The van der Waals surface area contributed by atoms with Gasteiger partial charge in [0.1, 0.15) is 17.8 Å². The summed E-state index contributed by atoms with van der Waals surface area (Å²) in [4.78, 5) is 0. The van der Waals surface area contributed by atoms with Crippen LogP contribution in [-0.2, 0) is 18.4 Å². The van der Waals surface area contributed by atoms with Crippen LogP contribution in [0.2, 0.25) is 5.02 Å². The summed E-state index contributed by atoms with van der Waals surface area (Å²) in [7, 11) is 0. The molecule has 23 heavy (non-hydrogen) atoms. The number of hydrogen-bond donors (Lipinski definition) is 0. The van der Waals surface area contributed by atoms with Crippen molar-refractivity contribution >= 4 is 11.6 Å². The molecule has 5 heteroatoms. The maximum atomic E-state index is 13.9. The van der Waals surface area contributed by atoms with Crippen LogP contribution in [0.1, 0.15) is 55.7 Å². The summed E-state index contributed by atoms with van der Waals surface area (Å²) >= 11 is 6.02. The third-order valence-electron chi connectivity index (χ3n) is 5.32. The molecule has 1 aliphatic heterocycles. The second kappa shape index (κ2) is 5.90. The number of hydrogen-bond acceptors (Lipinski definition) is 2. The Labute approximate surface area is 140 Å². The van der Waals surface area contributed by atoms with E-state index in [-0.39, 0.29) is 5.41 Å². The van der Waals surface area contributed by atoms with Gasteiger partial charge < -0.3 is 4.57 Å². The molecule has 2 aliphatic rings. The minimum atomic E-state index is -0.757. The minimum Gasteiger partial charge on any atom is -0.314 e. The van der Waals surface area contributed by atoms with E-state index in [1.54, 1.807) is 0 Å². The summed E-state index contributed by atoms with van der Waals surface area (Å²) in [5, 5.41) is 9.67. The number of nitrogens with zero attached hydrogens (tertiary/aromatic N) is 3. The van der Waals surface area contributed by atoms with Crippen LogP contribution < -0.4 is 0 Å². The van der Waals surface area contributed by atoms with E-state index in [9.17, 15) is 4.39 Å². The van der Waals surface area contributed by atoms with Gasteiger partial charge in [-0.3, -0.25) is 0 Å². The maximum absolute atomic E-state index is 13.9. The number of benzene rings is 1. The molecule has 2 aromatic rings. The molecule has 0 unspecified atom stereocenters. The third kappa shape index (κ3) is 2.57. The van der Waals surface area contributed by atoms with Crippen molar-refractivity contribution in [3.8, 4) is 0 Å². The average Bonchev–Trinajstić information content (AvgIpc) is 2.86. The van der Waals surface area contributed by atoms with Gasteiger partial charge in [-0.2, -0.15) is 0 Å². The summed E-state index contributed by atoms with van der Waals surface area (Å²) < 4.78 is 16.1. The van der Waals surface area contributed by atoms with Crippen LogP contribution in [0.4, 0.5) is 4.39 Å². The van der Waals surface area contributed by atoms with Crippen molar-refractivity contribution in [3.63, 3.8) is 0 Å². The molecule has 1 aliphatic carbocycles. The topological polar surface area (TPSA) is 30.7 Å². The summed E-state index contributed by atoms with van der Waals surface area (Å²) in [6.45, 7) is 0.948. The third-order valence-corrected chi connectivity index (χ3v) is 5.58. The molecule has 0 saturated heterocycles. The van der Waals surface area contributed by atoms with Crippen LogP contribution >= 0.6 is 11.6 Å². The minimum absolute atomic E-state index is 0.339. The molecular weight excluding hydrogens is 313 g/mol. The molecule has 0 spiro atoms. The van der Waals surface area contributed by atoms with Crippen molar-refractivity contribution in [1.29, 1.82) is 0 Å². The molecule has 0 N–H and O–H groups in total. The van der Waals surface area contributed by atoms with E-state index in [0.29, 0.717) is 17.9 Å². The number of aromatic nitrogens is 3. The lowest BCUT2D eigenvalue weighted by Gasteiger charge is -2.44. The van der Waals surface area contributed by atoms with Crippen LogP contribution in [0.25, 0.3) is 0 Å². The van der Waals surface area contributed by atoms with Crippen molar-refractivity contribution in [2.24, 2.45) is 0 Å². The van der Waals surface area contributed by atoms with Gasteiger partial charge in [-0.25, -0.2) is 4.39 Å². The number of halogens is 2. The molecule has 0 bridgehead atoms. The average molecular weight is 334 g/mol. The summed E-state index contributed by atoms with van der Waals surface area (Å²) in [5.74, 6) is 2.01. The molecule has 4 rings (SSSR count). The van der Waals surface area contributed by atoms with Crippen molar-refractivity contribution in [1.82, 2.24) is 14.8 Å². The monoisotopic (exact) mass is 333 g/mol. The van der Waals surface area contributed by atoms with Gasteiger partial charge in [0, 0.05) is 18.0 Å². The fourth-order valence-corrected chi connectivity index (χ4v) is 4.15. The van der Waals surface area contributed by atoms with Crippen LogP contribution in [0.3, 0.4) is 0 Å². The van der Waals surface area contributed by atoms with Crippen LogP contribution in [0, 0.1) is 0 Å². The second-order valence-electron chi connectivity index (χ2n) is 6.85. The Hall–Kier alpha value is -1.42. The quantitative estimate of drug-likeness (QED) is 0.812. The Morgan fingerprint density at radius 2 is 1.78 bits per heavy atom. The van der Waals surface area contributed by atoms with Crippen LogP contribution in [0.15, 0.2) is 24.3 Å². The number of alkyl halides is 1. The highest BCUT2D eigenvalue weighted by Gasteiger charge is 2.51. The van der Waals surface area contributed by atoms with Gasteiger partial charge >= 0.3 is 0 Å². The van der Waals surface area contributed by atoms with E-state index in [0.717, 1.165) is 43.0 Å². The first-order valence-electron chi connectivity index (χ1n) is 8.52. The lowest BCUT2D eigenvalue weighted by atomic mass is 9.62. The highest BCUT2D eigenvalue weighted by atomic mass is 35.5. The molecule has 1 aromatic heterocycles. The molecule has 0 radical (unpaired) electrons. The Morgan fingerprint density at radius 1 is 1.04 bits per heavy atom. The molecule has 0 atom stereocenters. The molecule has 1 fully saturated rings. The Kier molecular flexibility index (Phi) is 3.88. The first-order valence-corrected chi connectivity index (χ1v) is 8.89. The van der Waals surface area contributed by atoms with E-state index in [1.807, 2.05) is 24.3 Å². The molecule has 1 aromatic carbocycles. The van der Waals surface area contributed by atoms with Crippen molar-refractivity contribution in [2.45, 2.75) is 63.1 Å². The molecule has 122 valence electrons. The van der Waals surface area contributed by atoms with E-state index >= 15 is 0 Å². The largest absolute Gasteiger partial charge is 0.314 e. The molecular formula is C18H21ClFN3. The van der Waals surface area contributed by atoms with Gasteiger partial charge in [0.15, 0.2) is 0 Å². The fourth-order valence-electron chi connectivity index (χ4n) is 4.03. The highest BCUT2D eigenvalue weighted by Crippen LogP contribution is 2.50. The predicted molar refractivity (Wildman–Crippen MR) is 88.6 cm³/mol. The Morgan fingerprint density at radius 3 is 2.52 bits per heavy atom. The van der Waals surface area contributed by atoms with Gasteiger partial charge in [-0.15, -0.1) is 10.2 Å². The Balaban J connectivity index is 1.78. The van der Waals surface area contributed by atoms with E-state index in [1.165, 1.54) is 12.8 Å². The number of aryl methyl sites for hydroxylation is 1. The first-order chi connectivity index (χ1) is 11.2. The summed E-state index contributed by atoms with van der Waals surface area (Å²) in [6, 6.07) is 7.79. The van der Waals surface area contributed by atoms with Gasteiger partial charge in [0.05, 0.1) is 5.41 Å². The zero-order valence-corrected chi connectivity index (χ0v) is 13.9. The fraction of sp³-hybridized carbons (Fsp3) is 0.556. The zero-order valence-electron chi connectivity index (χ0n) is 13.1. The molecule has 1 saturated carbocycles. The second-order valence-corrected chi connectivity index (χ2v) is 7.29. The van der Waals surface area contributed by atoms with E-state index in [2.05, 4.69) is 14.8 Å². The highest BCUT2D eigenvalue weighted by molar-refractivity contribution is 6.30. The van der Waals surface area contributed by atoms with Crippen molar-refractivity contribution in [3.05, 3.63) is 46.5 Å². The normalized spacial score (nSPS) is 27.7. The van der Waals surface area contributed by atoms with Crippen LogP contribution in [0.5, 0.6) is 0 Å². The van der Waals surface area contributed by atoms with E-state index in [4.69, 9.17) is 11.6 Å². The van der Waals surface area contributed by atoms with Gasteiger partial charge in [-0.05, 0) is 43.4 Å². The molecule has 3 nitrogen and oxygen atoms in total. The number of fused-ring (bicyclic) bond motifs is 1. The van der Waals surface area contributed by atoms with Gasteiger partial charge in [0.2, 0.25) is 0 Å². The van der Waals surface area contributed by atoms with Crippen LogP contribution in [-0.4, -0.2) is 20.9 Å². The van der Waals surface area contributed by atoms with Crippen molar-refractivity contribution in [2.75, 3.05) is 0 Å². The SMILES string of the molecule is FC1CC(c2ccc(Cl)cc2)(c2nnc3n2CCCCCC3)C1. The Bertz CT molecular complexity index is 689. The smallest absolute Gasteiger partial charge is 0.143 e. The summed E-state index contributed by atoms with van der Waals surface area (Å²) in [6.07, 6.45) is 6.02. The number of rotatable bonds is 2.